The summed E-state index contributed by atoms with van der Waals surface area (Å²) in [7, 11) is 0. The van der Waals surface area contributed by atoms with Crippen molar-refractivity contribution in [3.8, 4) is 0 Å². The highest BCUT2D eigenvalue weighted by molar-refractivity contribution is 14.1. The standard InChI is InChI=1S/C13H14FIO/c14-10-6-7-11(12(15)8-10)13(16)9-4-2-1-3-5-9/h6-9H,1-5H2. The molecule has 1 nitrogen and oxygen atoms in total. The van der Waals surface area contributed by atoms with E-state index >= 15 is 0 Å². The lowest BCUT2D eigenvalue weighted by atomic mass is 9.84. The quantitative estimate of drug-likeness (QED) is 0.586. The first-order chi connectivity index (χ1) is 7.68. The van der Waals surface area contributed by atoms with Crippen LogP contribution in [-0.2, 0) is 0 Å². The van der Waals surface area contributed by atoms with Gasteiger partial charge in [0.05, 0.1) is 0 Å². The molecule has 1 aromatic carbocycles. The smallest absolute Gasteiger partial charge is 0.167 e. The number of halogens is 2. The molecule has 1 aliphatic carbocycles. The lowest BCUT2D eigenvalue weighted by Crippen LogP contribution is -2.18. The molecular weight excluding hydrogens is 318 g/mol. The summed E-state index contributed by atoms with van der Waals surface area (Å²) in [6.07, 6.45) is 5.52. The van der Waals surface area contributed by atoms with Crippen LogP contribution in [0.3, 0.4) is 0 Å². The molecule has 0 aromatic heterocycles. The number of Topliss-reactive ketones (excluding diaryl/α,β-unsaturated/α-hetero) is 1. The van der Waals surface area contributed by atoms with Crippen LogP contribution < -0.4 is 0 Å². The third-order valence-electron chi connectivity index (χ3n) is 3.17. The molecule has 1 fully saturated rings. The van der Waals surface area contributed by atoms with Crippen molar-refractivity contribution in [3.63, 3.8) is 0 Å². The highest BCUT2D eigenvalue weighted by atomic mass is 127. The van der Waals surface area contributed by atoms with Gasteiger partial charge in [0.15, 0.2) is 5.78 Å². The molecule has 1 aromatic rings. The predicted molar refractivity (Wildman–Crippen MR) is 70.0 cm³/mol. The van der Waals surface area contributed by atoms with E-state index in [-0.39, 0.29) is 17.5 Å². The molecule has 0 saturated heterocycles. The summed E-state index contributed by atoms with van der Waals surface area (Å²) < 4.78 is 13.7. The van der Waals surface area contributed by atoms with Crippen LogP contribution in [0.25, 0.3) is 0 Å². The van der Waals surface area contributed by atoms with Gasteiger partial charge in [-0.3, -0.25) is 4.79 Å². The van der Waals surface area contributed by atoms with Crippen LogP contribution in [0.4, 0.5) is 4.39 Å². The van der Waals surface area contributed by atoms with Gasteiger partial charge < -0.3 is 0 Å². The fourth-order valence-electron chi connectivity index (χ4n) is 2.27. The molecule has 86 valence electrons. The zero-order valence-electron chi connectivity index (χ0n) is 9.01. The van der Waals surface area contributed by atoms with Crippen molar-refractivity contribution in [1.82, 2.24) is 0 Å². The molecule has 0 heterocycles. The Morgan fingerprint density at radius 1 is 1.25 bits per heavy atom. The Hall–Kier alpha value is -0.450. The van der Waals surface area contributed by atoms with Crippen molar-refractivity contribution in [3.05, 3.63) is 33.1 Å². The Balaban J connectivity index is 2.19. The monoisotopic (exact) mass is 332 g/mol. The zero-order chi connectivity index (χ0) is 11.5. The van der Waals surface area contributed by atoms with Crippen LogP contribution in [-0.4, -0.2) is 5.78 Å². The molecule has 0 N–H and O–H groups in total. The largest absolute Gasteiger partial charge is 0.294 e. The van der Waals surface area contributed by atoms with Crippen molar-refractivity contribution in [2.45, 2.75) is 32.1 Å². The fraction of sp³-hybridized carbons (Fsp3) is 0.462. The average molecular weight is 332 g/mol. The maximum absolute atomic E-state index is 12.9. The van der Waals surface area contributed by atoms with Gasteiger partial charge in [0.1, 0.15) is 5.82 Å². The Morgan fingerprint density at radius 2 is 1.94 bits per heavy atom. The van der Waals surface area contributed by atoms with Gasteiger partial charge in [-0.15, -0.1) is 0 Å². The number of carbonyl (C=O) groups excluding carboxylic acids is 1. The third-order valence-corrected chi connectivity index (χ3v) is 4.07. The van der Waals surface area contributed by atoms with Crippen molar-refractivity contribution in [1.29, 1.82) is 0 Å². The number of benzene rings is 1. The van der Waals surface area contributed by atoms with Gasteiger partial charge in [-0.2, -0.15) is 0 Å². The topological polar surface area (TPSA) is 17.1 Å². The van der Waals surface area contributed by atoms with Crippen molar-refractivity contribution in [2.75, 3.05) is 0 Å². The lowest BCUT2D eigenvalue weighted by Gasteiger charge is -2.20. The Labute approximate surface area is 109 Å². The minimum Gasteiger partial charge on any atom is -0.294 e. The Morgan fingerprint density at radius 3 is 2.56 bits per heavy atom. The van der Waals surface area contributed by atoms with Gasteiger partial charge in [-0.1, -0.05) is 19.3 Å². The molecule has 0 unspecified atom stereocenters. The Kier molecular flexibility index (Phi) is 3.95. The second-order valence-electron chi connectivity index (χ2n) is 4.32. The van der Waals surface area contributed by atoms with Gasteiger partial charge in [0.25, 0.3) is 0 Å². The highest BCUT2D eigenvalue weighted by Gasteiger charge is 2.23. The molecule has 0 radical (unpaired) electrons. The van der Waals surface area contributed by atoms with Crippen LogP contribution in [0.15, 0.2) is 18.2 Å². The second-order valence-corrected chi connectivity index (χ2v) is 5.49. The first-order valence-electron chi connectivity index (χ1n) is 5.68. The number of hydrogen-bond donors (Lipinski definition) is 0. The first-order valence-corrected chi connectivity index (χ1v) is 6.75. The summed E-state index contributed by atoms with van der Waals surface area (Å²) in [5.41, 5.74) is 0.689. The number of rotatable bonds is 2. The number of ketones is 1. The molecule has 16 heavy (non-hydrogen) atoms. The van der Waals surface area contributed by atoms with Gasteiger partial charge in [0, 0.05) is 15.1 Å². The second kappa shape index (κ2) is 5.25. The molecule has 0 aliphatic heterocycles. The number of hydrogen-bond acceptors (Lipinski definition) is 1. The minimum absolute atomic E-state index is 0.160. The third kappa shape index (κ3) is 2.62. The fourth-order valence-corrected chi connectivity index (χ4v) is 3.02. The molecule has 0 spiro atoms. The Bertz CT molecular complexity index is 397. The predicted octanol–water partition coefficient (Wildman–Crippen LogP) is 4.19. The summed E-state index contributed by atoms with van der Waals surface area (Å²) in [5, 5.41) is 0. The van der Waals surface area contributed by atoms with Gasteiger partial charge in [-0.05, 0) is 53.6 Å². The summed E-state index contributed by atoms with van der Waals surface area (Å²) in [5.74, 6) is 0.0846. The van der Waals surface area contributed by atoms with Crippen molar-refractivity contribution >= 4 is 28.4 Å². The van der Waals surface area contributed by atoms with E-state index in [1.807, 2.05) is 22.6 Å². The van der Waals surface area contributed by atoms with E-state index in [2.05, 4.69) is 0 Å². The van der Waals surface area contributed by atoms with Gasteiger partial charge in [0.2, 0.25) is 0 Å². The normalized spacial score (nSPS) is 17.4. The molecule has 0 amide bonds. The zero-order valence-corrected chi connectivity index (χ0v) is 11.2. The summed E-state index contributed by atoms with van der Waals surface area (Å²) in [4.78, 5) is 12.2. The average Bonchev–Trinajstić information content (AvgIpc) is 2.29. The van der Waals surface area contributed by atoms with Crippen molar-refractivity contribution < 1.29 is 9.18 Å². The summed E-state index contributed by atoms with van der Waals surface area (Å²) in [6, 6.07) is 4.42. The summed E-state index contributed by atoms with van der Waals surface area (Å²) in [6.45, 7) is 0. The van der Waals surface area contributed by atoms with E-state index < -0.39 is 0 Å². The molecule has 0 bridgehead atoms. The molecule has 2 rings (SSSR count). The maximum Gasteiger partial charge on any atom is 0.167 e. The minimum atomic E-state index is -0.274. The van der Waals surface area contributed by atoms with Crippen molar-refractivity contribution in [2.24, 2.45) is 5.92 Å². The number of carbonyl (C=O) groups is 1. The van der Waals surface area contributed by atoms with Crippen LogP contribution in [0.5, 0.6) is 0 Å². The van der Waals surface area contributed by atoms with Crippen LogP contribution >= 0.6 is 22.6 Å². The SMILES string of the molecule is O=C(c1ccc(F)cc1I)C1CCCCC1. The molecule has 3 heteroatoms. The van der Waals surface area contributed by atoms with Crippen LogP contribution in [0.2, 0.25) is 0 Å². The van der Waals surface area contributed by atoms with Crippen LogP contribution in [0.1, 0.15) is 42.5 Å². The van der Waals surface area contributed by atoms with E-state index in [0.717, 1.165) is 29.3 Å². The van der Waals surface area contributed by atoms with Gasteiger partial charge >= 0.3 is 0 Å². The molecular formula is C13H14FIO. The van der Waals surface area contributed by atoms with E-state index in [1.165, 1.54) is 18.6 Å². The van der Waals surface area contributed by atoms with Gasteiger partial charge in [-0.25, -0.2) is 4.39 Å². The molecule has 0 atom stereocenters. The summed E-state index contributed by atoms with van der Waals surface area (Å²) >= 11 is 2.04. The van der Waals surface area contributed by atoms with E-state index in [1.54, 1.807) is 6.07 Å². The molecule has 1 aliphatic rings. The van der Waals surface area contributed by atoms with E-state index in [9.17, 15) is 9.18 Å². The lowest BCUT2D eigenvalue weighted by molar-refractivity contribution is 0.0888. The first kappa shape index (κ1) is 12.0. The van der Waals surface area contributed by atoms with Crippen LogP contribution in [0, 0.1) is 15.3 Å². The highest BCUT2D eigenvalue weighted by Crippen LogP contribution is 2.28. The van der Waals surface area contributed by atoms with E-state index in [0.29, 0.717) is 5.56 Å². The molecule has 1 saturated carbocycles. The van der Waals surface area contributed by atoms with E-state index in [4.69, 9.17) is 0 Å². The maximum atomic E-state index is 12.9.